The molecular formula is C10H17N3O2S. The summed E-state index contributed by atoms with van der Waals surface area (Å²) in [6.45, 7) is 4.71. The van der Waals surface area contributed by atoms with Crippen LogP contribution in [0.1, 0.15) is 19.5 Å². The van der Waals surface area contributed by atoms with E-state index in [4.69, 9.17) is 17.3 Å². The number of H-pyrrole nitrogens is 1. The molecule has 1 aromatic heterocycles. The number of hydrogen-bond acceptors (Lipinski definition) is 3. The largest absolute Gasteiger partial charge is 0.390 e. The number of nitrogens with one attached hydrogen (secondary N) is 2. The highest BCUT2D eigenvalue weighted by molar-refractivity contribution is 7.71. The summed E-state index contributed by atoms with van der Waals surface area (Å²) in [5.74, 6) is 0.319. The Morgan fingerprint density at radius 3 is 2.94 bits per heavy atom. The van der Waals surface area contributed by atoms with Gasteiger partial charge in [0.15, 0.2) is 4.77 Å². The molecule has 1 heterocycles. The molecule has 0 unspecified atom stereocenters. The maximum atomic E-state index is 11.6. The molecule has 0 saturated heterocycles. The number of aromatic nitrogens is 2. The number of carbonyl (C=O) groups excluding carboxylic acids is 1. The summed E-state index contributed by atoms with van der Waals surface area (Å²) < 4.78 is 2.04. The van der Waals surface area contributed by atoms with Crippen LogP contribution < -0.4 is 5.32 Å². The lowest BCUT2D eigenvalue weighted by molar-refractivity contribution is -0.121. The van der Waals surface area contributed by atoms with E-state index in [9.17, 15) is 4.79 Å². The van der Waals surface area contributed by atoms with Crippen LogP contribution in [0.25, 0.3) is 0 Å². The van der Waals surface area contributed by atoms with Crippen molar-refractivity contribution in [2.45, 2.75) is 27.0 Å². The SMILES string of the molecule is CC(C)CNC(=O)Cn1c(CO)c[nH]c1=S. The molecule has 1 rings (SSSR count). The molecule has 3 N–H and O–H groups in total. The normalized spacial score (nSPS) is 10.8. The number of aromatic amines is 1. The second-order valence-electron chi connectivity index (χ2n) is 4.03. The van der Waals surface area contributed by atoms with Gasteiger partial charge in [0.1, 0.15) is 6.54 Å². The van der Waals surface area contributed by atoms with Gasteiger partial charge in [-0.1, -0.05) is 13.8 Å². The van der Waals surface area contributed by atoms with Crippen LogP contribution in [0.3, 0.4) is 0 Å². The van der Waals surface area contributed by atoms with E-state index in [1.54, 1.807) is 10.8 Å². The Morgan fingerprint density at radius 2 is 2.38 bits per heavy atom. The molecule has 0 aliphatic heterocycles. The van der Waals surface area contributed by atoms with Gasteiger partial charge in [-0.15, -0.1) is 0 Å². The van der Waals surface area contributed by atoms with Crippen molar-refractivity contribution in [3.05, 3.63) is 16.7 Å². The third-order valence-corrected chi connectivity index (χ3v) is 2.46. The van der Waals surface area contributed by atoms with Gasteiger partial charge in [0.2, 0.25) is 5.91 Å². The van der Waals surface area contributed by atoms with Crippen LogP contribution in [0.5, 0.6) is 0 Å². The molecule has 0 aliphatic rings. The minimum atomic E-state index is -0.134. The number of carbonyl (C=O) groups is 1. The number of hydrogen-bond donors (Lipinski definition) is 3. The van der Waals surface area contributed by atoms with E-state index in [0.717, 1.165) is 0 Å². The molecule has 90 valence electrons. The zero-order valence-electron chi connectivity index (χ0n) is 9.49. The Balaban J connectivity index is 2.62. The third-order valence-electron chi connectivity index (χ3n) is 2.13. The van der Waals surface area contributed by atoms with Crippen molar-refractivity contribution in [3.63, 3.8) is 0 Å². The fraction of sp³-hybridized carbons (Fsp3) is 0.600. The van der Waals surface area contributed by atoms with Crippen molar-refractivity contribution in [1.82, 2.24) is 14.9 Å². The van der Waals surface area contributed by atoms with Crippen LogP contribution in [0.4, 0.5) is 0 Å². The summed E-state index contributed by atoms with van der Waals surface area (Å²) in [4.78, 5) is 14.4. The molecule has 1 amide bonds. The number of nitrogens with zero attached hydrogens (tertiary/aromatic N) is 1. The van der Waals surface area contributed by atoms with Gasteiger partial charge in [-0.2, -0.15) is 0 Å². The molecule has 0 aliphatic carbocycles. The van der Waals surface area contributed by atoms with Crippen molar-refractivity contribution in [2.75, 3.05) is 6.54 Å². The Kier molecular flexibility index (Phi) is 4.70. The highest BCUT2D eigenvalue weighted by Crippen LogP contribution is 2.01. The Bertz CT molecular complexity index is 408. The Labute approximate surface area is 99.5 Å². The van der Waals surface area contributed by atoms with E-state index < -0.39 is 0 Å². The molecule has 0 spiro atoms. The van der Waals surface area contributed by atoms with Gasteiger partial charge in [-0.25, -0.2) is 0 Å². The number of aliphatic hydroxyl groups is 1. The van der Waals surface area contributed by atoms with Gasteiger partial charge in [-0.3, -0.25) is 4.79 Å². The second-order valence-corrected chi connectivity index (χ2v) is 4.41. The van der Waals surface area contributed by atoms with Crippen molar-refractivity contribution in [1.29, 1.82) is 0 Å². The van der Waals surface area contributed by atoms with E-state index in [0.29, 0.717) is 22.9 Å². The first-order valence-electron chi connectivity index (χ1n) is 5.19. The molecule has 6 heteroatoms. The van der Waals surface area contributed by atoms with Crippen LogP contribution in [0.15, 0.2) is 6.20 Å². The minimum Gasteiger partial charge on any atom is -0.390 e. The standard InChI is InChI=1S/C10H17N3O2S/c1-7(2)3-11-9(15)5-13-8(6-14)4-12-10(13)16/h4,7,14H,3,5-6H2,1-2H3,(H,11,15)(H,12,16). The topological polar surface area (TPSA) is 70.1 Å². The molecular weight excluding hydrogens is 226 g/mol. The Morgan fingerprint density at radius 1 is 1.69 bits per heavy atom. The van der Waals surface area contributed by atoms with Gasteiger partial charge in [-0.05, 0) is 18.1 Å². The number of amides is 1. The first-order chi connectivity index (χ1) is 7.54. The molecule has 0 saturated carbocycles. The first kappa shape index (κ1) is 12.9. The van der Waals surface area contributed by atoms with Gasteiger partial charge in [0.25, 0.3) is 0 Å². The molecule has 0 atom stereocenters. The maximum Gasteiger partial charge on any atom is 0.240 e. The highest BCUT2D eigenvalue weighted by atomic mass is 32.1. The molecule has 16 heavy (non-hydrogen) atoms. The molecule has 0 bridgehead atoms. The van der Waals surface area contributed by atoms with E-state index in [2.05, 4.69) is 10.3 Å². The van der Waals surface area contributed by atoms with Crippen LogP contribution >= 0.6 is 12.2 Å². The smallest absolute Gasteiger partial charge is 0.240 e. The summed E-state index contributed by atoms with van der Waals surface area (Å²) in [5, 5.41) is 11.8. The summed E-state index contributed by atoms with van der Waals surface area (Å²) >= 11 is 5.01. The molecule has 0 radical (unpaired) electrons. The molecule has 0 aromatic carbocycles. The van der Waals surface area contributed by atoms with Gasteiger partial charge in [0.05, 0.1) is 12.3 Å². The quantitative estimate of drug-likeness (QED) is 0.670. The number of aliphatic hydroxyl groups excluding tert-OH is 1. The minimum absolute atomic E-state index is 0.0981. The van der Waals surface area contributed by atoms with E-state index in [-0.39, 0.29) is 19.1 Å². The predicted octanol–water partition coefficient (Wildman–Crippen LogP) is 0.810. The summed E-state index contributed by atoms with van der Waals surface area (Å²) in [6, 6.07) is 0. The fourth-order valence-corrected chi connectivity index (χ4v) is 1.49. The van der Waals surface area contributed by atoms with Gasteiger partial charge >= 0.3 is 0 Å². The van der Waals surface area contributed by atoms with Crippen molar-refractivity contribution in [2.24, 2.45) is 5.92 Å². The Hall–Kier alpha value is -1.14. The molecule has 0 fully saturated rings. The van der Waals surface area contributed by atoms with Gasteiger partial charge < -0.3 is 20.0 Å². The van der Waals surface area contributed by atoms with Crippen LogP contribution in [-0.4, -0.2) is 27.1 Å². The zero-order valence-corrected chi connectivity index (χ0v) is 10.3. The summed E-state index contributed by atoms with van der Waals surface area (Å²) in [7, 11) is 0. The predicted molar refractivity (Wildman–Crippen MR) is 63.4 cm³/mol. The fourth-order valence-electron chi connectivity index (χ4n) is 1.25. The lowest BCUT2D eigenvalue weighted by atomic mass is 10.2. The average Bonchev–Trinajstić information content (AvgIpc) is 2.57. The third kappa shape index (κ3) is 3.46. The average molecular weight is 243 g/mol. The van der Waals surface area contributed by atoms with Crippen molar-refractivity contribution < 1.29 is 9.90 Å². The number of imidazole rings is 1. The number of rotatable bonds is 5. The van der Waals surface area contributed by atoms with Crippen molar-refractivity contribution >= 4 is 18.1 Å². The second kappa shape index (κ2) is 5.81. The van der Waals surface area contributed by atoms with Crippen LogP contribution in [-0.2, 0) is 17.9 Å². The maximum absolute atomic E-state index is 11.6. The van der Waals surface area contributed by atoms with Crippen LogP contribution in [0, 0.1) is 10.7 Å². The van der Waals surface area contributed by atoms with E-state index >= 15 is 0 Å². The first-order valence-corrected chi connectivity index (χ1v) is 5.60. The van der Waals surface area contributed by atoms with Gasteiger partial charge in [0, 0.05) is 12.7 Å². The lowest BCUT2D eigenvalue weighted by Crippen LogP contribution is -2.31. The monoisotopic (exact) mass is 243 g/mol. The van der Waals surface area contributed by atoms with E-state index in [1.165, 1.54) is 0 Å². The highest BCUT2D eigenvalue weighted by Gasteiger charge is 2.08. The van der Waals surface area contributed by atoms with Crippen LogP contribution in [0.2, 0.25) is 0 Å². The molecule has 5 nitrogen and oxygen atoms in total. The van der Waals surface area contributed by atoms with Crippen molar-refractivity contribution in [3.8, 4) is 0 Å². The van der Waals surface area contributed by atoms with E-state index in [1.807, 2.05) is 13.8 Å². The molecule has 1 aromatic rings. The zero-order chi connectivity index (χ0) is 12.1. The summed E-state index contributed by atoms with van der Waals surface area (Å²) in [6.07, 6.45) is 1.61. The lowest BCUT2D eigenvalue weighted by Gasteiger charge is -2.09. The summed E-state index contributed by atoms with van der Waals surface area (Å²) in [5.41, 5.74) is 0.615.